The standard InChI is InChI=1S/C15H15ClN2O3S/c1-4-7-18-13(19)11-8-10(16)5-6-12(11)17-15(18)22-9(2)14(20)21-3/h4-6,8-9H,1,7H2,2-3H3. The second-order valence-electron chi connectivity index (χ2n) is 4.54. The van der Waals surface area contributed by atoms with Crippen molar-refractivity contribution in [3.8, 4) is 0 Å². The lowest BCUT2D eigenvalue weighted by molar-refractivity contribution is -0.139. The molecule has 5 nitrogen and oxygen atoms in total. The highest BCUT2D eigenvalue weighted by molar-refractivity contribution is 8.00. The number of thioether (sulfide) groups is 1. The summed E-state index contributed by atoms with van der Waals surface area (Å²) in [5, 5.41) is 0.875. The number of carbonyl (C=O) groups excluding carboxylic acids is 1. The van der Waals surface area contributed by atoms with Gasteiger partial charge in [-0.3, -0.25) is 14.2 Å². The molecule has 0 N–H and O–H groups in total. The number of rotatable bonds is 5. The van der Waals surface area contributed by atoms with E-state index in [2.05, 4.69) is 11.6 Å². The van der Waals surface area contributed by atoms with Crippen molar-refractivity contribution in [3.63, 3.8) is 0 Å². The number of carbonyl (C=O) groups is 1. The van der Waals surface area contributed by atoms with Crippen molar-refractivity contribution in [2.24, 2.45) is 0 Å². The Morgan fingerprint density at radius 2 is 2.32 bits per heavy atom. The van der Waals surface area contributed by atoms with Crippen molar-refractivity contribution < 1.29 is 9.53 Å². The van der Waals surface area contributed by atoms with Crippen molar-refractivity contribution in [3.05, 3.63) is 46.2 Å². The Bertz CT molecular complexity index is 788. The molecule has 7 heteroatoms. The van der Waals surface area contributed by atoms with Crippen molar-refractivity contribution in [2.45, 2.75) is 23.9 Å². The van der Waals surface area contributed by atoms with E-state index in [1.807, 2.05) is 0 Å². The van der Waals surface area contributed by atoms with E-state index in [1.165, 1.54) is 23.4 Å². The molecule has 2 rings (SSSR count). The van der Waals surface area contributed by atoms with Crippen LogP contribution in [-0.2, 0) is 16.1 Å². The highest BCUT2D eigenvalue weighted by Gasteiger charge is 2.19. The Hall–Kier alpha value is -1.79. The van der Waals surface area contributed by atoms with Gasteiger partial charge in [0.25, 0.3) is 5.56 Å². The molecule has 0 radical (unpaired) electrons. The lowest BCUT2D eigenvalue weighted by Gasteiger charge is -2.14. The quantitative estimate of drug-likeness (QED) is 0.363. The van der Waals surface area contributed by atoms with Gasteiger partial charge in [-0.05, 0) is 25.1 Å². The summed E-state index contributed by atoms with van der Waals surface area (Å²) in [5.41, 5.74) is 0.321. The second kappa shape index (κ2) is 6.98. The molecule has 0 aliphatic carbocycles. The smallest absolute Gasteiger partial charge is 0.318 e. The molecule has 1 aromatic heterocycles. The summed E-state index contributed by atoms with van der Waals surface area (Å²) >= 11 is 7.11. The second-order valence-corrected chi connectivity index (χ2v) is 6.29. The van der Waals surface area contributed by atoms with Crippen LogP contribution in [0.1, 0.15) is 6.92 Å². The van der Waals surface area contributed by atoms with Crippen molar-refractivity contribution in [1.29, 1.82) is 0 Å². The molecular formula is C15H15ClN2O3S. The van der Waals surface area contributed by atoms with Crippen LogP contribution in [0.4, 0.5) is 0 Å². The third-order valence-corrected chi connectivity index (χ3v) is 4.31. The molecule has 1 aromatic carbocycles. The van der Waals surface area contributed by atoms with E-state index in [0.717, 1.165) is 0 Å². The molecule has 0 saturated carbocycles. The van der Waals surface area contributed by atoms with Crippen molar-refractivity contribution >= 4 is 40.2 Å². The number of allylic oxidation sites excluding steroid dienone is 1. The molecule has 116 valence electrons. The van der Waals surface area contributed by atoms with Crippen LogP contribution in [0, 0.1) is 0 Å². The van der Waals surface area contributed by atoms with Crippen LogP contribution >= 0.6 is 23.4 Å². The predicted molar refractivity (Wildman–Crippen MR) is 88.5 cm³/mol. The molecule has 0 aliphatic heterocycles. The van der Waals surface area contributed by atoms with Gasteiger partial charge in [-0.25, -0.2) is 4.98 Å². The van der Waals surface area contributed by atoms with Gasteiger partial charge in [-0.2, -0.15) is 0 Å². The summed E-state index contributed by atoms with van der Waals surface area (Å²) in [5.74, 6) is -0.374. The summed E-state index contributed by atoms with van der Waals surface area (Å²) in [6.07, 6.45) is 1.60. The van der Waals surface area contributed by atoms with E-state index in [-0.39, 0.29) is 11.5 Å². The Morgan fingerprint density at radius 1 is 1.59 bits per heavy atom. The molecule has 1 atom stereocenters. The number of nitrogens with zero attached hydrogens (tertiary/aromatic N) is 2. The number of aromatic nitrogens is 2. The molecule has 0 aliphatic rings. The van der Waals surface area contributed by atoms with Gasteiger partial charge in [-0.1, -0.05) is 29.4 Å². The number of hydrogen-bond donors (Lipinski definition) is 0. The minimum absolute atomic E-state index is 0.216. The monoisotopic (exact) mass is 338 g/mol. The third-order valence-electron chi connectivity index (χ3n) is 3.01. The van der Waals surface area contributed by atoms with Gasteiger partial charge in [0.2, 0.25) is 0 Å². The van der Waals surface area contributed by atoms with E-state index in [4.69, 9.17) is 16.3 Å². The molecule has 1 unspecified atom stereocenters. The van der Waals surface area contributed by atoms with Gasteiger partial charge in [-0.15, -0.1) is 6.58 Å². The first-order valence-corrected chi connectivity index (χ1v) is 7.79. The maximum Gasteiger partial charge on any atom is 0.318 e. The van der Waals surface area contributed by atoms with Gasteiger partial charge < -0.3 is 4.74 Å². The van der Waals surface area contributed by atoms with E-state index < -0.39 is 5.25 Å². The Balaban J connectivity index is 2.59. The zero-order valence-electron chi connectivity index (χ0n) is 12.2. The number of ether oxygens (including phenoxy) is 1. The molecule has 0 bridgehead atoms. The number of benzene rings is 1. The van der Waals surface area contributed by atoms with Crippen LogP contribution in [0.15, 0.2) is 40.8 Å². The summed E-state index contributed by atoms with van der Waals surface area (Å²) in [6.45, 7) is 5.65. The van der Waals surface area contributed by atoms with E-state index >= 15 is 0 Å². The molecule has 0 saturated heterocycles. The van der Waals surface area contributed by atoms with Crippen LogP contribution in [0.5, 0.6) is 0 Å². The molecule has 22 heavy (non-hydrogen) atoms. The highest BCUT2D eigenvalue weighted by Crippen LogP contribution is 2.24. The fourth-order valence-electron chi connectivity index (χ4n) is 1.92. The van der Waals surface area contributed by atoms with Gasteiger partial charge in [0.1, 0.15) is 5.25 Å². The third kappa shape index (κ3) is 3.34. The molecule has 1 heterocycles. The zero-order valence-corrected chi connectivity index (χ0v) is 13.8. The SMILES string of the molecule is C=CCn1c(SC(C)C(=O)OC)nc2ccc(Cl)cc2c1=O. The number of halogens is 1. The van der Waals surface area contributed by atoms with E-state index in [0.29, 0.717) is 27.6 Å². The number of esters is 1. The number of methoxy groups -OCH3 is 1. The summed E-state index contributed by atoms with van der Waals surface area (Å²) in [7, 11) is 1.33. The minimum Gasteiger partial charge on any atom is -0.468 e. The Kier molecular flexibility index (Phi) is 5.26. The maximum absolute atomic E-state index is 12.6. The molecular weight excluding hydrogens is 324 g/mol. The summed E-state index contributed by atoms with van der Waals surface area (Å²) < 4.78 is 6.17. The van der Waals surface area contributed by atoms with Crippen LogP contribution in [0.2, 0.25) is 5.02 Å². The fraction of sp³-hybridized carbons (Fsp3) is 0.267. The van der Waals surface area contributed by atoms with Gasteiger partial charge in [0.15, 0.2) is 5.16 Å². The Morgan fingerprint density at radius 3 is 2.95 bits per heavy atom. The minimum atomic E-state index is -0.474. The van der Waals surface area contributed by atoms with Gasteiger partial charge in [0.05, 0.1) is 18.0 Å². The van der Waals surface area contributed by atoms with Crippen molar-refractivity contribution in [1.82, 2.24) is 9.55 Å². The topological polar surface area (TPSA) is 61.2 Å². The van der Waals surface area contributed by atoms with Gasteiger partial charge in [0, 0.05) is 11.6 Å². The first-order chi connectivity index (χ1) is 10.5. The van der Waals surface area contributed by atoms with Crippen LogP contribution in [0.3, 0.4) is 0 Å². The molecule has 0 amide bonds. The van der Waals surface area contributed by atoms with E-state index in [9.17, 15) is 9.59 Å². The first kappa shape index (κ1) is 16.6. The number of hydrogen-bond acceptors (Lipinski definition) is 5. The highest BCUT2D eigenvalue weighted by atomic mass is 35.5. The number of fused-ring (bicyclic) bond motifs is 1. The largest absolute Gasteiger partial charge is 0.468 e. The summed E-state index contributed by atoms with van der Waals surface area (Å²) in [6, 6.07) is 4.94. The fourth-order valence-corrected chi connectivity index (χ4v) is 3.04. The average Bonchev–Trinajstić information content (AvgIpc) is 2.51. The summed E-state index contributed by atoms with van der Waals surface area (Å²) in [4.78, 5) is 28.6. The molecule has 0 spiro atoms. The normalized spacial score (nSPS) is 12.1. The lowest BCUT2D eigenvalue weighted by atomic mass is 10.2. The van der Waals surface area contributed by atoms with E-state index in [1.54, 1.807) is 31.2 Å². The predicted octanol–water partition coefficient (Wildman–Crippen LogP) is 2.89. The first-order valence-electron chi connectivity index (χ1n) is 6.53. The molecule has 2 aromatic rings. The van der Waals surface area contributed by atoms with Crippen LogP contribution < -0.4 is 5.56 Å². The average molecular weight is 339 g/mol. The molecule has 0 fully saturated rings. The van der Waals surface area contributed by atoms with Crippen LogP contribution in [-0.4, -0.2) is 27.9 Å². The maximum atomic E-state index is 12.6. The lowest BCUT2D eigenvalue weighted by Crippen LogP contribution is -2.24. The Labute approximate surface area is 136 Å². The van der Waals surface area contributed by atoms with Crippen LogP contribution in [0.25, 0.3) is 10.9 Å². The zero-order chi connectivity index (χ0) is 16.3. The van der Waals surface area contributed by atoms with Gasteiger partial charge >= 0.3 is 5.97 Å². The van der Waals surface area contributed by atoms with Crippen molar-refractivity contribution in [2.75, 3.05) is 7.11 Å².